The highest BCUT2D eigenvalue weighted by Crippen LogP contribution is 2.10. The van der Waals surface area contributed by atoms with Crippen LogP contribution in [0, 0.1) is 12.3 Å². The first-order chi connectivity index (χ1) is 5.79. The third-order valence-corrected chi connectivity index (χ3v) is 1.54. The number of terminal acetylenes is 1. The summed E-state index contributed by atoms with van der Waals surface area (Å²) in [4.78, 5) is 3.99. The SMILES string of the molecule is C#Cc1cccnc1[C@@H](N)CO. The van der Waals surface area contributed by atoms with Crippen LogP contribution in [0.3, 0.4) is 0 Å². The van der Waals surface area contributed by atoms with E-state index in [1.54, 1.807) is 18.3 Å². The van der Waals surface area contributed by atoms with Gasteiger partial charge >= 0.3 is 0 Å². The van der Waals surface area contributed by atoms with Crippen molar-refractivity contribution in [3.63, 3.8) is 0 Å². The third-order valence-electron chi connectivity index (χ3n) is 1.54. The number of hydrogen-bond acceptors (Lipinski definition) is 3. The molecule has 3 heteroatoms. The first-order valence-corrected chi connectivity index (χ1v) is 3.57. The molecule has 0 aromatic carbocycles. The highest BCUT2D eigenvalue weighted by Gasteiger charge is 2.08. The van der Waals surface area contributed by atoms with Crippen LogP contribution in [0.4, 0.5) is 0 Å². The van der Waals surface area contributed by atoms with Gasteiger partial charge in [0.2, 0.25) is 0 Å². The highest BCUT2D eigenvalue weighted by molar-refractivity contribution is 5.37. The minimum absolute atomic E-state index is 0.147. The molecule has 0 aliphatic heterocycles. The molecule has 0 aliphatic carbocycles. The number of hydrogen-bond donors (Lipinski definition) is 2. The summed E-state index contributed by atoms with van der Waals surface area (Å²) in [5.41, 5.74) is 6.77. The van der Waals surface area contributed by atoms with Crippen LogP contribution in [-0.4, -0.2) is 16.7 Å². The Kier molecular flexibility index (Phi) is 2.81. The van der Waals surface area contributed by atoms with Crippen LogP contribution in [0.15, 0.2) is 18.3 Å². The number of aliphatic hydroxyl groups excluding tert-OH is 1. The van der Waals surface area contributed by atoms with E-state index < -0.39 is 6.04 Å². The van der Waals surface area contributed by atoms with Crippen molar-refractivity contribution in [2.75, 3.05) is 6.61 Å². The average Bonchev–Trinajstić information content (AvgIpc) is 2.16. The molecule has 0 spiro atoms. The second kappa shape index (κ2) is 3.86. The number of nitrogens with zero attached hydrogens (tertiary/aromatic N) is 1. The van der Waals surface area contributed by atoms with Crippen molar-refractivity contribution in [3.8, 4) is 12.3 Å². The molecule has 3 nitrogen and oxygen atoms in total. The molecule has 1 atom stereocenters. The molecule has 12 heavy (non-hydrogen) atoms. The lowest BCUT2D eigenvalue weighted by Gasteiger charge is -2.08. The number of rotatable bonds is 2. The van der Waals surface area contributed by atoms with Crippen molar-refractivity contribution in [2.45, 2.75) is 6.04 Å². The molecular weight excluding hydrogens is 152 g/mol. The molecule has 1 aromatic rings. The number of pyridine rings is 1. The van der Waals surface area contributed by atoms with E-state index in [2.05, 4.69) is 10.9 Å². The predicted octanol–water partition coefficient (Wildman–Crippen LogP) is 0.0550. The van der Waals surface area contributed by atoms with Gasteiger partial charge in [0.15, 0.2) is 0 Å². The van der Waals surface area contributed by atoms with Crippen LogP contribution in [0.25, 0.3) is 0 Å². The Morgan fingerprint density at radius 3 is 3.08 bits per heavy atom. The van der Waals surface area contributed by atoms with Gasteiger partial charge in [-0.25, -0.2) is 0 Å². The van der Waals surface area contributed by atoms with E-state index in [1.807, 2.05) is 0 Å². The van der Waals surface area contributed by atoms with E-state index in [0.29, 0.717) is 11.3 Å². The molecule has 1 heterocycles. The van der Waals surface area contributed by atoms with Crippen LogP contribution in [0.2, 0.25) is 0 Å². The normalized spacial score (nSPS) is 12.1. The van der Waals surface area contributed by atoms with Crippen LogP contribution in [0.1, 0.15) is 17.3 Å². The van der Waals surface area contributed by atoms with Gasteiger partial charge in [-0.1, -0.05) is 5.92 Å². The topological polar surface area (TPSA) is 59.1 Å². The van der Waals surface area contributed by atoms with Gasteiger partial charge in [-0.15, -0.1) is 6.42 Å². The first-order valence-electron chi connectivity index (χ1n) is 3.57. The Hall–Kier alpha value is -1.37. The molecule has 1 aromatic heterocycles. The lowest BCUT2D eigenvalue weighted by atomic mass is 10.1. The first kappa shape index (κ1) is 8.72. The van der Waals surface area contributed by atoms with E-state index in [9.17, 15) is 0 Å². The Bertz CT molecular complexity index is 304. The largest absolute Gasteiger partial charge is 0.394 e. The van der Waals surface area contributed by atoms with Crippen molar-refractivity contribution in [1.29, 1.82) is 0 Å². The van der Waals surface area contributed by atoms with Crippen molar-refractivity contribution in [1.82, 2.24) is 4.98 Å². The summed E-state index contributed by atoms with van der Waals surface area (Å²) in [7, 11) is 0. The number of nitrogens with two attached hydrogens (primary N) is 1. The zero-order chi connectivity index (χ0) is 8.97. The Morgan fingerprint density at radius 1 is 1.75 bits per heavy atom. The molecule has 0 saturated carbocycles. The molecule has 0 amide bonds. The lowest BCUT2D eigenvalue weighted by Crippen LogP contribution is -2.17. The van der Waals surface area contributed by atoms with Crippen molar-refractivity contribution < 1.29 is 5.11 Å². The van der Waals surface area contributed by atoms with Crippen LogP contribution in [0.5, 0.6) is 0 Å². The van der Waals surface area contributed by atoms with E-state index in [1.165, 1.54) is 0 Å². The molecular formula is C9H10N2O. The summed E-state index contributed by atoms with van der Waals surface area (Å²) in [5.74, 6) is 2.46. The van der Waals surface area contributed by atoms with E-state index >= 15 is 0 Å². The smallest absolute Gasteiger partial charge is 0.0750 e. The van der Waals surface area contributed by atoms with Crippen LogP contribution in [-0.2, 0) is 0 Å². The van der Waals surface area contributed by atoms with Crippen LogP contribution < -0.4 is 5.73 Å². The summed E-state index contributed by atoms with van der Waals surface area (Å²) in [6, 6.07) is 3.00. The lowest BCUT2D eigenvalue weighted by molar-refractivity contribution is 0.265. The fourth-order valence-corrected chi connectivity index (χ4v) is 0.922. The maximum atomic E-state index is 8.77. The van der Waals surface area contributed by atoms with E-state index in [-0.39, 0.29) is 6.61 Å². The van der Waals surface area contributed by atoms with E-state index in [0.717, 1.165) is 0 Å². The Labute approximate surface area is 71.2 Å². The second-order valence-electron chi connectivity index (χ2n) is 2.37. The van der Waals surface area contributed by atoms with Gasteiger partial charge in [-0.05, 0) is 12.1 Å². The van der Waals surface area contributed by atoms with Gasteiger partial charge in [0.1, 0.15) is 0 Å². The van der Waals surface area contributed by atoms with Crippen molar-refractivity contribution >= 4 is 0 Å². The predicted molar refractivity (Wildman–Crippen MR) is 46.2 cm³/mol. The fraction of sp³-hybridized carbons (Fsp3) is 0.222. The molecule has 1 rings (SSSR count). The van der Waals surface area contributed by atoms with Gasteiger partial charge in [-0.3, -0.25) is 4.98 Å². The highest BCUT2D eigenvalue weighted by atomic mass is 16.3. The minimum atomic E-state index is -0.489. The Balaban J connectivity index is 3.07. The van der Waals surface area contributed by atoms with Crippen molar-refractivity contribution in [3.05, 3.63) is 29.6 Å². The summed E-state index contributed by atoms with van der Waals surface area (Å²) in [5, 5.41) is 8.77. The van der Waals surface area contributed by atoms with Gasteiger partial charge in [0.05, 0.1) is 18.3 Å². The van der Waals surface area contributed by atoms with Crippen molar-refractivity contribution in [2.24, 2.45) is 5.73 Å². The zero-order valence-corrected chi connectivity index (χ0v) is 6.57. The molecule has 62 valence electrons. The van der Waals surface area contributed by atoms with Gasteiger partial charge in [0, 0.05) is 11.8 Å². The third kappa shape index (κ3) is 1.62. The quantitative estimate of drug-likeness (QED) is 0.604. The molecule has 0 bridgehead atoms. The molecule has 3 N–H and O–H groups in total. The average molecular weight is 162 g/mol. The maximum absolute atomic E-state index is 8.77. The van der Waals surface area contributed by atoms with E-state index in [4.69, 9.17) is 17.3 Å². The summed E-state index contributed by atoms with van der Waals surface area (Å²) >= 11 is 0. The standard InChI is InChI=1S/C9H10N2O/c1-2-7-4-3-5-11-9(7)8(10)6-12/h1,3-5,8,12H,6,10H2/t8-/m0/s1. The monoisotopic (exact) mass is 162 g/mol. The second-order valence-corrected chi connectivity index (χ2v) is 2.37. The molecule has 0 unspecified atom stereocenters. The molecule has 0 fully saturated rings. The zero-order valence-electron chi connectivity index (χ0n) is 6.57. The summed E-state index contributed by atoms with van der Waals surface area (Å²) in [6.45, 7) is -0.147. The van der Waals surface area contributed by atoms with Gasteiger partial charge in [-0.2, -0.15) is 0 Å². The Morgan fingerprint density at radius 2 is 2.50 bits per heavy atom. The minimum Gasteiger partial charge on any atom is -0.394 e. The van der Waals surface area contributed by atoms with Crippen LogP contribution >= 0.6 is 0 Å². The number of aromatic nitrogens is 1. The van der Waals surface area contributed by atoms with Gasteiger partial charge in [0.25, 0.3) is 0 Å². The molecule has 0 aliphatic rings. The summed E-state index contributed by atoms with van der Waals surface area (Å²) < 4.78 is 0. The molecule has 0 saturated heterocycles. The fourth-order valence-electron chi connectivity index (χ4n) is 0.922. The maximum Gasteiger partial charge on any atom is 0.0750 e. The number of aliphatic hydroxyl groups is 1. The molecule has 0 radical (unpaired) electrons. The summed E-state index contributed by atoms with van der Waals surface area (Å²) in [6.07, 6.45) is 6.82. The van der Waals surface area contributed by atoms with Gasteiger partial charge < -0.3 is 10.8 Å².